The topological polar surface area (TPSA) is 111 Å². The summed E-state index contributed by atoms with van der Waals surface area (Å²) in [5.41, 5.74) is 0.402. The molecule has 132 valence electrons. The van der Waals surface area contributed by atoms with Gasteiger partial charge in [0.25, 0.3) is 11.8 Å². The van der Waals surface area contributed by atoms with Gasteiger partial charge in [-0.2, -0.15) is 0 Å². The number of anilines is 1. The number of nitrogens with one attached hydrogen (secondary N) is 2. The molecule has 0 saturated heterocycles. The molecule has 0 aliphatic heterocycles. The second-order valence-electron chi connectivity index (χ2n) is 5.63. The van der Waals surface area contributed by atoms with Crippen LogP contribution in [0.3, 0.4) is 0 Å². The molecule has 0 spiro atoms. The van der Waals surface area contributed by atoms with Crippen molar-refractivity contribution in [3.8, 4) is 0 Å². The summed E-state index contributed by atoms with van der Waals surface area (Å²) < 4.78 is 5.01. The number of hydrogen-bond acceptors (Lipinski definition) is 5. The van der Waals surface area contributed by atoms with Crippen LogP contribution in [0.25, 0.3) is 0 Å². The van der Waals surface area contributed by atoms with Crippen LogP contribution in [0, 0.1) is 5.92 Å². The minimum absolute atomic E-state index is 0.0995. The first-order chi connectivity index (χ1) is 11.9. The molecule has 7 nitrogen and oxygen atoms in total. The van der Waals surface area contributed by atoms with Crippen LogP contribution in [0.4, 0.5) is 5.69 Å². The summed E-state index contributed by atoms with van der Waals surface area (Å²) in [6.45, 7) is 3.54. The van der Waals surface area contributed by atoms with Gasteiger partial charge in [0.05, 0.1) is 29.5 Å². The van der Waals surface area contributed by atoms with Crippen molar-refractivity contribution in [3.63, 3.8) is 0 Å². The molecule has 2 N–H and O–H groups in total. The Morgan fingerprint density at radius 1 is 1.12 bits per heavy atom. The number of furan rings is 1. The molecule has 0 aliphatic carbocycles. The number of para-hydroxylation sites is 1. The minimum atomic E-state index is -1.35. The van der Waals surface area contributed by atoms with E-state index in [2.05, 4.69) is 10.6 Å². The molecule has 2 amide bonds. The second-order valence-corrected chi connectivity index (χ2v) is 5.63. The fourth-order valence-electron chi connectivity index (χ4n) is 2.27. The van der Waals surface area contributed by atoms with Crippen LogP contribution in [-0.2, 0) is 4.79 Å². The van der Waals surface area contributed by atoms with Gasteiger partial charge in [-0.05, 0) is 30.2 Å². The first-order valence-electron chi connectivity index (χ1n) is 7.89. The first kappa shape index (κ1) is 18.3. The Labute approximate surface area is 145 Å². The Bertz CT molecular complexity index is 755. The highest BCUT2D eigenvalue weighted by Gasteiger charge is 2.22. The van der Waals surface area contributed by atoms with Crippen molar-refractivity contribution in [2.45, 2.75) is 26.3 Å². The fraction of sp³-hybridized carbons (Fsp3) is 0.278. The molecule has 2 atom stereocenters. The number of carboxylic acids is 1. The number of aliphatic carboxylic acids is 1. The van der Waals surface area contributed by atoms with Crippen molar-refractivity contribution in [3.05, 3.63) is 54.0 Å². The van der Waals surface area contributed by atoms with Crippen LogP contribution in [-0.4, -0.2) is 23.8 Å². The van der Waals surface area contributed by atoms with Gasteiger partial charge in [0.2, 0.25) is 0 Å². The molecule has 1 aromatic heterocycles. The Hall–Kier alpha value is -3.09. The van der Waals surface area contributed by atoms with Crippen LogP contribution in [0.15, 0.2) is 47.1 Å². The maximum Gasteiger partial charge on any atom is 0.291 e. The number of carbonyl (C=O) groups is 3. The summed E-state index contributed by atoms with van der Waals surface area (Å²) in [6, 6.07) is 8.26. The maximum atomic E-state index is 12.5. The third-order valence-electron chi connectivity index (χ3n) is 3.92. The first-order valence-corrected chi connectivity index (χ1v) is 7.89. The highest BCUT2D eigenvalue weighted by atomic mass is 16.4. The molecule has 0 radical (unpaired) electrons. The van der Waals surface area contributed by atoms with Crippen LogP contribution >= 0.6 is 0 Å². The van der Waals surface area contributed by atoms with Gasteiger partial charge < -0.3 is 25.0 Å². The largest absolute Gasteiger partial charge is 0.548 e. The third kappa shape index (κ3) is 4.47. The summed E-state index contributed by atoms with van der Waals surface area (Å²) in [4.78, 5) is 35.9. The van der Waals surface area contributed by atoms with Gasteiger partial charge in [0.15, 0.2) is 5.76 Å². The van der Waals surface area contributed by atoms with Crippen LogP contribution < -0.4 is 15.7 Å². The molecule has 1 heterocycles. The lowest BCUT2D eigenvalue weighted by Gasteiger charge is -2.25. The van der Waals surface area contributed by atoms with Crippen LogP contribution in [0.2, 0.25) is 0 Å². The average Bonchev–Trinajstić information content (AvgIpc) is 3.13. The van der Waals surface area contributed by atoms with E-state index in [0.29, 0.717) is 6.42 Å². The Balaban J connectivity index is 2.20. The van der Waals surface area contributed by atoms with E-state index >= 15 is 0 Å². The molecule has 0 saturated carbocycles. The van der Waals surface area contributed by atoms with Crippen molar-refractivity contribution in [1.29, 1.82) is 0 Å². The molecule has 0 fully saturated rings. The number of rotatable bonds is 7. The standard InChI is InChI=1S/C18H20N2O5/c1-3-11(2)15(18(23)24)20-16(21)12-7-4-5-8-13(12)19-17(22)14-9-6-10-25-14/h4-11,15H,3H2,1-2H3,(H,19,22)(H,20,21)(H,23,24)/p-1/t11-,15+/m0/s1. The number of benzene rings is 1. The number of hydrogen-bond donors (Lipinski definition) is 2. The second kappa shape index (κ2) is 8.14. The molecule has 25 heavy (non-hydrogen) atoms. The Kier molecular flexibility index (Phi) is 5.94. The monoisotopic (exact) mass is 343 g/mol. The van der Waals surface area contributed by atoms with E-state index in [9.17, 15) is 19.5 Å². The summed E-state index contributed by atoms with van der Waals surface area (Å²) in [7, 11) is 0. The van der Waals surface area contributed by atoms with Gasteiger partial charge in [-0.1, -0.05) is 32.4 Å². The van der Waals surface area contributed by atoms with Crippen molar-refractivity contribution >= 4 is 23.5 Å². The normalized spacial score (nSPS) is 12.9. The zero-order valence-corrected chi connectivity index (χ0v) is 13.9. The lowest BCUT2D eigenvalue weighted by atomic mass is 9.98. The SMILES string of the molecule is CC[C@H](C)[C@@H](NC(=O)c1ccccc1NC(=O)c1ccco1)C(=O)[O-]. The zero-order chi connectivity index (χ0) is 18.4. The van der Waals surface area contributed by atoms with Gasteiger partial charge in [-0.15, -0.1) is 0 Å². The number of carboxylic acid groups (broad SMARTS) is 1. The van der Waals surface area contributed by atoms with Gasteiger partial charge in [0.1, 0.15) is 0 Å². The van der Waals surface area contributed by atoms with Gasteiger partial charge in [-0.3, -0.25) is 9.59 Å². The lowest BCUT2D eigenvalue weighted by molar-refractivity contribution is -0.309. The number of carbonyl (C=O) groups excluding carboxylic acids is 3. The molecule has 2 rings (SSSR count). The Morgan fingerprint density at radius 2 is 1.84 bits per heavy atom. The predicted octanol–water partition coefficient (Wildman–Crippen LogP) is 1.43. The van der Waals surface area contributed by atoms with E-state index in [1.54, 1.807) is 31.2 Å². The lowest BCUT2D eigenvalue weighted by Crippen LogP contribution is -2.51. The van der Waals surface area contributed by atoms with E-state index in [-0.39, 0.29) is 22.9 Å². The molecular weight excluding hydrogens is 324 g/mol. The van der Waals surface area contributed by atoms with E-state index in [0.717, 1.165) is 0 Å². The van der Waals surface area contributed by atoms with E-state index in [1.807, 2.05) is 6.92 Å². The summed E-state index contributed by atoms with van der Waals surface area (Å²) in [5.74, 6) is -2.66. The number of amides is 2. The molecule has 0 unspecified atom stereocenters. The van der Waals surface area contributed by atoms with Crippen molar-refractivity contribution in [2.24, 2.45) is 5.92 Å². The minimum Gasteiger partial charge on any atom is -0.548 e. The third-order valence-corrected chi connectivity index (χ3v) is 3.92. The van der Waals surface area contributed by atoms with Crippen molar-refractivity contribution < 1.29 is 23.9 Å². The molecule has 7 heteroatoms. The van der Waals surface area contributed by atoms with E-state index in [1.165, 1.54) is 18.4 Å². The molecule has 2 aromatic rings. The van der Waals surface area contributed by atoms with Crippen molar-refractivity contribution in [1.82, 2.24) is 5.32 Å². The quantitative estimate of drug-likeness (QED) is 0.790. The van der Waals surface area contributed by atoms with Gasteiger partial charge in [-0.25, -0.2) is 0 Å². The molecule has 0 aliphatic rings. The highest BCUT2D eigenvalue weighted by Crippen LogP contribution is 2.17. The fourth-order valence-corrected chi connectivity index (χ4v) is 2.27. The van der Waals surface area contributed by atoms with Gasteiger partial charge >= 0.3 is 0 Å². The van der Waals surface area contributed by atoms with Gasteiger partial charge in [0, 0.05) is 0 Å². The van der Waals surface area contributed by atoms with Crippen LogP contribution in [0.5, 0.6) is 0 Å². The predicted molar refractivity (Wildman–Crippen MR) is 88.8 cm³/mol. The zero-order valence-electron chi connectivity index (χ0n) is 13.9. The van der Waals surface area contributed by atoms with E-state index < -0.39 is 23.8 Å². The van der Waals surface area contributed by atoms with Crippen molar-refractivity contribution in [2.75, 3.05) is 5.32 Å². The Morgan fingerprint density at radius 3 is 2.44 bits per heavy atom. The van der Waals surface area contributed by atoms with Crippen LogP contribution in [0.1, 0.15) is 41.2 Å². The average molecular weight is 343 g/mol. The summed E-state index contributed by atoms with van der Waals surface area (Å²) in [6.07, 6.45) is 1.93. The molecule has 0 bridgehead atoms. The van der Waals surface area contributed by atoms with E-state index in [4.69, 9.17) is 4.42 Å². The molecule has 1 aromatic carbocycles. The summed E-state index contributed by atoms with van der Waals surface area (Å²) >= 11 is 0. The highest BCUT2D eigenvalue weighted by molar-refractivity contribution is 6.08. The molecular formula is C18H19N2O5-. The summed E-state index contributed by atoms with van der Waals surface area (Å²) in [5, 5.41) is 16.3. The maximum absolute atomic E-state index is 12.5. The smallest absolute Gasteiger partial charge is 0.291 e.